The minimum atomic E-state index is -0.615. The van der Waals surface area contributed by atoms with Gasteiger partial charge in [-0.05, 0) is 18.1 Å². The van der Waals surface area contributed by atoms with Crippen molar-refractivity contribution < 1.29 is 19.8 Å². The number of aliphatic hydroxyl groups excluding tert-OH is 2. The topological polar surface area (TPSA) is 81.1 Å². The summed E-state index contributed by atoms with van der Waals surface area (Å²) in [6.45, 7) is 1.48. The fraction of sp³-hybridized carbons (Fsp3) is 0.500. The first-order valence-corrected chi connectivity index (χ1v) is 7.50. The van der Waals surface area contributed by atoms with Crippen LogP contribution in [0.3, 0.4) is 0 Å². The number of anilines is 1. The van der Waals surface area contributed by atoms with Gasteiger partial charge in [0.25, 0.3) is 0 Å². The summed E-state index contributed by atoms with van der Waals surface area (Å²) in [4.78, 5) is 27.9. The smallest absolute Gasteiger partial charge is 0.246 e. The van der Waals surface area contributed by atoms with E-state index in [-0.39, 0.29) is 31.0 Å². The highest BCUT2D eigenvalue weighted by Gasteiger charge is 2.43. The largest absolute Gasteiger partial charge is 0.394 e. The molecule has 1 aromatic rings. The summed E-state index contributed by atoms with van der Waals surface area (Å²) in [5, 5.41) is 19.2. The van der Waals surface area contributed by atoms with E-state index >= 15 is 0 Å². The number of hydrogen-bond acceptors (Lipinski definition) is 4. The Labute approximate surface area is 129 Å². The molecular formula is C16H20N2O4. The van der Waals surface area contributed by atoms with E-state index in [1.54, 1.807) is 0 Å². The maximum atomic E-state index is 12.9. The van der Waals surface area contributed by atoms with E-state index in [0.29, 0.717) is 12.8 Å². The molecule has 2 aliphatic rings. The molecule has 6 heteroatoms. The Hall–Kier alpha value is -1.92. The third kappa shape index (κ3) is 2.38. The lowest BCUT2D eigenvalue weighted by molar-refractivity contribution is -0.135. The van der Waals surface area contributed by atoms with Gasteiger partial charge in [-0.2, -0.15) is 0 Å². The third-order valence-electron chi connectivity index (χ3n) is 4.49. The van der Waals surface area contributed by atoms with Gasteiger partial charge < -0.3 is 15.1 Å². The molecule has 2 aliphatic heterocycles. The average Bonchev–Trinajstić information content (AvgIpc) is 3.06. The molecule has 1 aromatic carbocycles. The second-order valence-electron chi connectivity index (χ2n) is 5.95. The maximum absolute atomic E-state index is 12.9. The van der Waals surface area contributed by atoms with Crippen LogP contribution in [0.4, 0.5) is 5.69 Å². The van der Waals surface area contributed by atoms with Crippen LogP contribution < -0.4 is 4.90 Å². The van der Waals surface area contributed by atoms with Gasteiger partial charge in [-0.1, -0.05) is 18.2 Å². The molecule has 3 rings (SSSR count). The standard InChI is InChI=1S/C16H20N2O4/c1-10(20)18-14-5-3-2-4-11(14)6-15(18)16(22)17-8-13(21)7-12(17)9-19/h2-5,12-13,15,19,21H,6-9H2,1H3/t12-,13+,15-/m0/s1. The molecule has 118 valence electrons. The predicted molar refractivity (Wildman–Crippen MR) is 80.3 cm³/mol. The number of amides is 2. The van der Waals surface area contributed by atoms with Crippen LogP contribution in [0.15, 0.2) is 24.3 Å². The molecule has 2 N–H and O–H groups in total. The van der Waals surface area contributed by atoms with Crippen molar-refractivity contribution in [3.8, 4) is 0 Å². The number of benzene rings is 1. The van der Waals surface area contributed by atoms with Gasteiger partial charge in [0.2, 0.25) is 11.8 Å². The van der Waals surface area contributed by atoms with Crippen molar-refractivity contribution >= 4 is 17.5 Å². The summed E-state index contributed by atoms with van der Waals surface area (Å²) in [5.74, 6) is -0.384. The van der Waals surface area contributed by atoms with Crippen LogP contribution in [0.25, 0.3) is 0 Å². The molecule has 0 spiro atoms. The van der Waals surface area contributed by atoms with Gasteiger partial charge in [-0.3, -0.25) is 14.5 Å². The van der Waals surface area contributed by atoms with E-state index in [1.165, 1.54) is 16.7 Å². The van der Waals surface area contributed by atoms with E-state index < -0.39 is 12.1 Å². The molecule has 0 saturated carbocycles. The lowest BCUT2D eigenvalue weighted by Gasteiger charge is -2.30. The molecule has 0 bridgehead atoms. The second-order valence-corrected chi connectivity index (χ2v) is 5.95. The van der Waals surface area contributed by atoms with Crippen LogP contribution >= 0.6 is 0 Å². The zero-order chi connectivity index (χ0) is 15.9. The molecule has 6 nitrogen and oxygen atoms in total. The van der Waals surface area contributed by atoms with Crippen molar-refractivity contribution in [2.45, 2.75) is 38.0 Å². The minimum Gasteiger partial charge on any atom is -0.394 e. The Balaban J connectivity index is 1.88. The Morgan fingerprint density at radius 2 is 2.05 bits per heavy atom. The Kier molecular flexibility index (Phi) is 3.88. The quantitative estimate of drug-likeness (QED) is 0.801. The van der Waals surface area contributed by atoms with E-state index in [4.69, 9.17) is 0 Å². The second kappa shape index (κ2) is 5.70. The first-order chi connectivity index (χ1) is 10.5. The molecule has 0 unspecified atom stereocenters. The highest BCUT2D eigenvalue weighted by molar-refractivity contribution is 6.02. The molecular weight excluding hydrogens is 284 g/mol. The summed E-state index contributed by atoms with van der Waals surface area (Å²) in [5.41, 5.74) is 1.74. The summed E-state index contributed by atoms with van der Waals surface area (Å²) >= 11 is 0. The van der Waals surface area contributed by atoms with Gasteiger partial charge in [0.15, 0.2) is 0 Å². The normalized spacial score (nSPS) is 27.1. The van der Waals surface area contributed by atoms with Crippen LogP contribution in [0.5, 0.6) is 0 Å². The lowest BCUT2D eigenvalue weighted by atomic mass is 10.1. The number of likely N-dealkylation sites (tertiary alicyclic amines) is 1. The van der Waals surface area contributed by atoms with Crippen molar-refractivity contribution in [1.82, 2.24) is 4.90 Å². The number of carbonyl (C=O) groups excluding carboxylic acids is 2. The number of aliphatic hydroxyl groups is 2. The van der Waals surface area contributed by atoms with Crippen molar-refractivity contribution in [1.29, 1.82) is 0 Å². The Morgan fingerprint density at radius 3 is 2.73 bits per heavy atom. The summed E-state index contributed by atoms with van der Waals surface area (Å²) in [7, 11) is 0. The lowest BCUT2D eigenvalue weighted by Crippen LogP contribution is -2.51. The predicted octanol–water partition coefficient (Wildman–Crippen LogP) is -0.0817. The van der Waals surface area contributed by atoms with Gasteiger partial charge in [-0.15, -0.1) is 0 Å². The number of fused-ring (bicyclic) bond motifs is 1. The van der Waals surface area contributed by atoms with Crippen LogP contribution in [-0.4, -0.2) is 58.3 Å². The zero-order valence-corrected chi connectivity index (χ0v) is 12.5. The van der Waals surface area contributed by atoms with Crippen LogP contribution in [0.2, 0.25) is 0 Å². The van der Waals surface area contributed by atoms with Crippen molar-refractivity contribution in [3.63, 3.8) is 0 Å². The van der Waals surface area contributed by atoms with E-state index in [0.717, 1.165) is 11.3 Å². The van der Waals surface area contributed by atoms with Crippen molar-refractivity contribution in [2.24, 2.45) is 0 Å². The number of nitrogens with zero attached hydrogens (tertiary/aromatic N) is 2. The number of rotatable bonds is 2. The number of para-hydroxylation sites is 1. The summed E-state index contributed by atoms with van der Waals surface area (Å²) < 4.78 is 0. The van der Waals surface area contributed by atoms with Crippen LogP contribution in [-0.2, 0) is 16.0 Å². The van der Waals surface area contributed by atoms with E-state index in [1.807, 2.05) is 24.3 Å². The molecule has 2 heterocycles. The molecule has 0 aromatic heterocycles. The summed E-state index contributed by atoms with van der Waals surface area (Å²) in [6, 6.07) is 6.53. The molecule has 1 saturated heterocycles. The monoisotopic (exact) mass is 304 g/mol. The van der Waals surface area contributed by atoms with Gasteiger partial charge >= 0.3 is 0 Å². The summed E-state index contributed by atoms with van der Waals surface area (Å²) in [6.07, 6.45) is 0.233. The van der Waals surface area contributed by atoms with Gasteiger partial charge in [-0.25, -0.2) is 0 Å². The zero-order valence-electron chi connectivity index (χ0n) is 12.5. The molecule has 0 radical (unpaired) electrons. The highest BCUT2D eigenvalue weighted by atomic mass is 16.3. The molecule has 22 heavy (non-hydrogen) atoms. The first-order valence-electron chi connectivity index (χ1n) is 7.50. The van der Waals surface area contributed by atoms with Gasteiger partial charge in [0.05, 0.1) is 18.8 Å². The Morgan fingerprint density at radius 1 is 1.32 bits per heavy atom. The minimum absolute atomic E-state index is 0.177. The fourth-order valence-corrected chi connectivity index (χ4v) is 3.50. The van der Waals surface area contributed by atoms with Gasteiger partial charge in [0, 0.05) is 25.6 Å². The van der Waals surface area contributed by atoms with Crippen molar-refractivity contribution in [2.75, 3.05) is 18.1 Å². The van der Waals surface area contributed by atoms with Crippen LogP contribution in [0.1, 0.15) is 18.9 Å². The third-order valence-corrected chi connectivity index (χ3v) is 4.49. The van der Waals surface area contributed by atoms with Crippen LogP contribution in [0, 0.1) is 0 Å². The fourth-order valence-electron chi connectivity index (χ4n) is 3.50. The molecule has 0 aliphatic carbocycles. The number of carbonyl (C=O) groups is 2. The average molecular weight is 304 g/mol. The number of hydrogen-bond donors (Lipinski definition) is 2. The van der Waals surface area contributed by atoms with Crippen molar-refractivity contribution in [3.05, 3.63) is 29.8 Å². The Bertz CT molecular complexity index is 604. The maximum Gasteiger partial charge on any atom is 0.246 e. The SMILES string of the molecule is CC(=O)N1c2ccccc2C[C@H]1C(=O)N1C[C@H](O)C[C@H]1CO. The molecule has 1 fully saturated rings. The highest BCUT2D eigenvalue weighted by Crippen LogP contribution is 2.34. The van der Waals surface area contributed by atoms with E-state index in [2.05, 4.69) is 0 Å². The molecule has 3 atom stereocenters. The van der Waals surface area contributed by atoms with Gasteiger partial charge in [0.1, 0.15) is 6.04 Å². The molecule has 2 amide bonds. The number of β-amino-alcohol motifs (C(OH)–C–C–N with tert-alkyl or cyclic N) is 1. The first kappa shape index (κ1) is 15.0. The van der Waals surface area contributed by atoms with E-state index in [9.17, 15) is 19.8 Å².